The fraction of sp³-hybridized carbons (Fsp3) is 0.160. The van der Waals surface area contributed by atoms with Crippen LogP contribution < -0.4 is 9.47 Å². The summed E-state index contributed by atoms with van der Waals surface area (Å²) in [6.45, 7) is 3.78. The molecule has 0 radical (unpaired) electrons. The van der Waals surface area contributed by atoms with E-state index in [-0.39, 0.29) is 6.61 Å². The highest BCUT2D eigenvalue weighted by Gasteiger charge is 2.23. The summed E-state index contributed by atoms with van der Waals surface area (Å²) in [5.74, 6) is 0. The molecule has 3 aromatic rings. The lowest BCUT2D eigenvalue weighted by Gasteiger charge is -2.17. The summed E-state index contributed by atoms with van der Waals surface area (Å²) in [6, 6.07) is 16.4. The zero-order chi connectivity index (χ0) is 20.9. The average molecular weight is 436 g/mol. The van der Waals surface area contributed by atoms with Crippen molar-refractivity contribution in [2.24, 2.45) is 0 Å². The number of aliphatic hydroxyl groups is 1. The monoisotopic (exact) mass is 435 g/mol. The van der Waals surface area contributed by atoms with Crippen LogP contribution in [0.2, 0.25) is 5.02 Å². The number of halogens is 1. The number of para-hydroxylation sites is 1. The minimum absolute atomic E-state index is 0.129. The van der Waals surface area contributed by atoms with Crippen LogP contribution >= 0.6 is 23.4 Å². The smallest absolute Gasteiger partial charge is 0.213 e. The molecule has 152 valence electrons. The Morgan fingerprint density at radius 1 is 1.10 bits per heavy atom. The molecular weight excluding hydrogens is 412 g/mol. The summed E-state index contributed by atoms with van der Waals surface area (Å²) in [5.41, 5.74) is 3.46. The Hall–Kier alpha value is -2.53. The number of aromatic nitrogens is 1. The number of allylic oxidation sites excluding steroid dienone is 4. The third-order valence-electron chi connectivity index (χ3n) is 5.04. The highest BCUT2D eigenvalue weighted by molar-refractivity contribution is 8.03. The number of rotatable bonds is 6. The molecule has 5 heteroatoms. The quantitative estimate of drug-likeness (QED) is 0.390. The first-order valence-electron chi connectivity index (χ1n) is 10.0. The van der Waals surface area contributed by atoms with Gasteiger partial charge in [-0.15, -0.1) is 0 Å². The molecule has 0 saturated heterocycles. The van der Waals surface area contributed by atoms with Crippen molar-refractivity contribution in [3.8, 4) is 0 Å². The van der Waals surface area contributed by atoms with Crippen LogP contribution in [0.5, 0.6) is 0 Å². The van der Waals surface area contributed by atoms with Crippen molar-refractivity contribution in [2.75, 3.05) is 18.1 Å². The second-order valence-electron chi connectivity index (χ2n) is 6.91. The molecule has 0 fully saturated rings. The number of anilines is 1. The van der Waals surface area contributed by atoms with Crippen LogP contribution in [0.25, 0.3) is 17.0 Å². The van der Waals surface area contributed by atoms with E-state index in [0.717, 1.165) is 22.6 Å². The maximum Gasteiger partial charge on any atom is 0.213 e. The van der Waals surface area contributed by atoms with E-state index in [1.54, 1.807) is 11.8 Å². The van der Waals surface area contributed by atoms with Crippen LogP contribution in [0.15, 0.2) is 89.0 Å². The van der Waals surface area contributed by atoms with Crippen molar-refractivity contribution in [1.82, 2.24) is 0 Å². The molecule has 30 heavy (non-hydrogen) atoms. The minimum Gasteiger partial charge on any atom is -0.390 e. The summed E-state index contributed by atoms with van der Waals surface area (Å²) < 4.78 is 2.08. The lowest BCUT2D eigenvalue weighted by atomic mass is 10.1. The van der Waals surface area contributed by atoms with Gasteiger partial charge in [0, 0.05) is 28.6 Å². The lowest BCUT2D eigenvalue weighted by Crippen LogP contribution is -2.36. The molecule has 0 atom stereocenters. The van der Waals surface area contributed by atoms with Gasteiger partial charge in [-0.1, -0.05) is 59.8 Å². The lowest BCUT2D eigenvalue weighted by molar-refractivity contribution is -0.672. The molecule has 0 aliphatic carbocycles. The van der Waals surface area contributed by atoms with Gasteiger partial charge in [0.1, 0.15) is 6.61 Å². The molecule has 1 aliphatic heterocycles. The summed E-state index contributed by atoms with van der Waals surface area (Å²) in [7, 11) is 0. The van der Waals surface area contributed by atoms with E-state index < -0.39 is 0 Å². The van der Waals surface area contributed by atoms with Gasteiger partial charge in [0.2, 0.25) is 5.52 Å². The Morgan fingerprint density at radius 3 is 2.80 bits per heavy atom. The zero-order valence-corrected chi connectivity index (χ0v) is 18.4. The van der Waals surface area contributed by atoms with Crippen molar-refractivity contribution in [3.05, 3.63) is 94.6 Å². The SMILES string of the molecule is CCN1/C(=C/C=C/C=C/c2cc[n+](CCO)c3ccccc23)Sc2ccc(Cl)cc21. The Balaban J connectivity index is 1.52. The van der Waals surface area contributed by atoms with Crippen LogP contribution in [0.3, 0.4) is 0 Å². The number of fused-ring (bicyclic) bond motifs is 2. The van der Waals surface area contributed by atoms with Crippen molar-refractivity contribution in [3.63, 3.8) is 0 Å². The fourth-order valence-electron chi connectivity index (χ4n) is 3.64. The molecule has 0 spiro atoms. The highest BCUT2D eigenvalue weighted by Crippen LogP contribution is 2.46. The minimum atomic E-state index is 0.129. The van der Waals surface area contributed by atoms with Gasteiger partial charge in [0.15, 0.2) is 12.7 Å². The van der Waals surface area contributed by atoms with E-state index in [4.69, 9.17) is 11.6 Å². The first-order chi connectivity index (χ1) is 14.7. The maximum atomic E-state index is 9.29. The molecule has 4 rings (SSSR count). The average Bonchev–Trinajstić information content (AvgIpc) is 3.11. The van der Waals surface area contributed by atoms with Gasteiger partial charge in [-0.3, -0.25) is 0 Å². The molecule has 2 heterocycles. The van der Waals surface area contributed by atoms with Gasteiger partial charge < -0.3 is 10.0 Å². The predicted molar refractivity (Wildman–Crippen MR) is 128 cm³/mol. The summed E-state index contributed by atoms with van der Waals surface area (Å²) in [5, 5.41) is 12.4. The van der Waals surface area contributed by atoms with Crippen LogP contribution in [-0.4, -0.2) is 18.3 Å². The Morgan fingerprint density at radius 2 is 1.97 bits per heavy atom. The van der Waals surface area contributed by atoms with Crippen molar-refractivity contribution < 1.29 is 9.67 Å². The standard InChI is InChI=1S/C25H24ClN2OS/c1-2-28-23-18-20(26)12-13-24(23)30-25(28)11-5-3-4-8-19-14-15-27(16-17-29)22-10-7-6-9-21(19)22/h3-15,18,29H,2,16-17H2,1H3/q+1. The van der Waals surface area contributed by atoms with Gasteiger partial charge in [0.05, 0.1) is 16.1 Å². The van der Waals surface area contributed by atoms with Gasteiger partial charge in [-0.2, -0.15) is 4.57 Å². The van der Waals surface area contributed by atoms with Crippen LogP contribution in [-0.2, 0) is 6.54 Å². The second-order valence-corrected chi connectivity index (χ2v) is 8.41. The van der Waals surface area contributed by atoms with Crippen LogP contribution in [0.4, 0.5) is 5.69 Å². The number of hydrogen-bond acceptors (Lipinski definition) is 3. The number of pyridine rings is 1. The molecule has 3 nitrogen and oxygen atoms in total. The topological polar surface area (TPSA) is 27.4 Å². The number of thioether (sulfide) groups is 1. The first kappa shape index (κ1) is 20.7. The van der Waals surface area contributed by atoms with Gasteiger partial charge >= 0.3 is 0 Å². The maximum absolute atomic E-state index is 9.29. The summed E-state index contributed by atoms with van der Waals surface area (Å²) in [4.78, 5) is 3.52. The number of nitrogens with zero attached hydrogens (tertiary/aromatic N) is 2. The number of benzene rings is 2. The van der Waals surface area contributed by atoms with Crippen molar-refractivity contribution in [1.29, 1.82) is 0 Å². The Kier molecular flexibility index (Phi) is 6.58. The number of aliphatic hydroxyl groups excluding tert-OH is 1. The largest absolute Gasteiger partial charge is 0.390 e. The molecular formula is C25H24ClN2OS+. The molecule has 0 unspecified atom stereocenters. The Bertz CT molecular complexity index is 1150. The molecule has 0 saturated carbocycles. The number of hydrogen-bond donors (Lipinski definition) is 1. The molecule has 0 bridgehead atoms. The summed E-state index contributed by atoms with van der Waals surface area (Å²) >= 11 is 7.94. The van der Waals surface area contributed by atoms with E-state index in [2.05, 4.69) is 71.0 Å². The molecule has 1 aromatic heterocycles. The molecule has 2 aromatic carbocycles. The van der Waals surface area contributed by atoms with Gasteiger partial charge in [0.25, 0.3) is 0 Å². The normalized spacial score (nSPS) is 15.2. The van der Waals surface area contributed by atoms with E-state index >= 15 is 0 Å². The fourth-order valence-corrected chi connectivity index (χ4v) is 4.93. The van der Waals surface area contributed by atoms with Crippen LogP contribution in [0, 0.1) is 0 Å². The molecule has 1 aliphatic rings. The first-order valence-corrected chi connectivity index (χ1v) is 11.2. The van der Waals surface area contributed by atoms with Crippen molar-refractivity contribution in [2.45, 2.75) is 18.4 Å². The predicted octanol–water partition coefficient (Wildman–Crippen LogP) is 5.82. The van der Waals surface area contributed by atoms with Gasteiger partial charge in [-0.25, -0.2) is 0 Å². The van der Waals surface area contributed by atoms with Crippen LogP contribution in [0.1, 0.15) is 12.5 Å². The second kappa shape index (κ2) is 9.52. The highest BCUT2D eigenvalue weighted by atomic mass is 35.5. The Labute approximate surface area is 186 Å². The van der Waals surface area contributed by atoms with Crippen molar-refractivity contribution >= 4 is 46.0 Å². The van der Waals surface area contributed by atoms with E-state index in [0.29, 0.717) is 6.54 Å². The molecule has 0 amide bonds. The van der Waals surface area contributed by atoms with E-state index in [9.17, 15) is 5.11 Å². The van der Waals surface area contributed by atoms with E-state index in [1.807, 2.05) is 30.5 Å². The zero-order valence-electron chi connectivity index (χ0n) is 16.8. The summed E-state index contributed by atoms with van der Waals surface area (Å²) in [6.07, 6.45) is 12.5. The van der Waals surface area contributed by atoms with E-state index in [1.165, 1.54) is 21.0 Å². The van der Waals surface area contributed by atoms with Gasteiger partial charge in [-0.05, 0) is 42.8 Å². The molecule has 1 N–H and O–H groups in total. The third-order valence-corrected chi connectivity index (χ3v) is 6.41. The third kappa shape index (κ3) is 4.31.